The van der Waals surface area contributed by atoms with Crippen molar-refractivity contribution in [3.8, 4) is 17.2 Å². The number of carbonyl (C=O) groups is 4. The molecule has 1 saturated carbocycles. The number of rotatable bonds is 6. The number of methoxy groups -OCH3 is 2. The van der Waals surface area contributed by atoms with Crippen molar-refractivity contribution >= 4 is 64.7 Å². The lowest BCUT2D eigenvalue weighted by atomic mass is 9.56. The fourth-order valence-electron chi connectivity index (χ4n) is 7.97. The molecule has 0 radical (unpaired) electrons. The van der Waals surface area contributed by atoms with Crippen LogP contribution in [-0.4, -0.2) is 64.7 Å². The van der Waals surface area contributed by atoms with Crippen molar-refractivity contribution in [2.45, 2.75) is 28.5 Å². The van der Waals surface area contributed by atoms with Crippen molar-refractivity contribution in [2.24, 2.45) is 17.8 Å². The van der Waals surface area contributed by atoms with Crippen LogP contribution in [0.5, 0.6) is 17.2 Å². The average Bonchev–Trinajstić information content (AvgIpc) is 3.43. The quantitative estimate of drug-likeness (QED) is 0.147. The number of allylic oxidation sites excluding steroid dienone is 2. The molecule has 4 aliphatic rings. The average molecular weight is 706 g/mol. The van der Waals surface area contributed by atoms with Gasteiger partial charge in [0.15, 0.2) is 21.3 Å². The predicted molar refractivity (Wildman–Crippen MR) is 181 cm³/mol. The molecule has 2 heterocycles. The van der Waals surface area contributed by atoms with Crippen LogP contribution in [0.25, 0.3) is 12.2 Å². The number of benzene rings is 3. The van der Waals surface area contributed by atoms with Gasteiger partial charge >= 0.3 is 0 Å². The first-order chi connectivity index (χ1) is 23.3. The maximum atomic E-state index is 14.7. The van der Waals surface area contributed by atoms with Crippen molar-refractivity contribution in [3.05, 3.63) is 94.8 Å². The van der Waals surface area contributed by atoms with Crippen LogP contribution in [0.3, 0.4) is 0 Å². The van der Waals surface area contributed by atoms with E-state index in [0.717, 1.165) is 33.1 Å². The minimum atomic E-state index is -2.04. The SMILES string of the molecule is COc1ccc(OC)c(C=Cc2ccc(N3C(=O)C4CC=C5C(CC6(Cl)C(=O)N(C)C(=O)C6(Cl)C5c5ccc(O)c(F)c5)C4C3=O)cc2)c1. The predicted octanol–water partition coefficient (Wildman–Crippen LogP) is 5.91. The van der Waals surface area contributed by atoms with Gasteiger partial charge in [-0.2, -0.15) is 0 Å². The standard InChI is InChI=1S/C37H31Cl2FN2O7/c1-41-34(46)36(38)18-26-24(31(37(36,39)35(41)47)21-8-14-28(43)27(40)17-21)12-13-25-30(26)33(45)42(32(25)44)22-9-5-19(6-10-22)4-7-20-16-23(48-2)11-15-29(20)49-3/h4-12,14-17,25-26,30-31,43H,13,18H2,1-3H3. The maximum Gasteiger partial charge on any atom is 0.253 e. The number of amides is 4. The summed E-state index contributed by atoms with van der Waals surface area (Å²) in [4.78, 5) is 53.4. The lowest BCUT2D eigenvalue weighted by molar-refractivity contribution is -0.138. The van der Waals surface area contributed by atoms with Crippen molar-refractivity contribution < 1.29 is 38.1 Å². The third-order valence-corrected chi connectivity index (χ3v) is 11.8. The molecule has 9 nitrogen and oxygen atoms in total. The Labute approximate surface area is 291 Å². The number of halogens is 3. The number of imide groups is 2. The van der Waals surface area contributed by atoms with Crippen LogP contribution in [0.4, 0.5) is 10.1 Å². The minimum absolute atomic E-state index is 0.165. The van der Waals surface area contributed by atoms with E-state index in [9.17, 15) is 28.7 Å². The van der Waals surface area contributed by atoms with Gasteiger partial charge in [0, 0.05) is 18.5 Å². The third-order valence-electron chi connectivity index (χ3n) is 10.4. The molecule has 2 aliphatic carbocycles. The molecule has 4 amide bonds. The van der Waals surface area contributed by atoms with E-state index in [0.29, 0.717) is 22.8 Å². The number of ether oxygens (including phenoxy) is 2. The molecule has 6 atom stereocenters. The summed E-state index contributed by atoms with van der Waals surface area (Å²) in [6.07, 6.45) is 5.50. The van der Waals surface area contributed by atoms with Crippen LogP contribution in [-0.2, 0) is 19.2 Å². The lowest BCUT2D eigenvalue weighted by Crippen LogP contribution is -2.60. The highest BCUT2D eigenvalue weighted by Gasteiger charge is 2.75. The number of alkyl halides is 2. The van der Waals surface area contributed by atoms with Gasteiger partial charge in [0.1, 0.15) is 11.5 Å². The van der Waals surface area contributed by atoms with E-state index in [2.05, 4.69) is 0 Å². The van der Waals surface area contributed by atoms with Gasteiger partial charge in [-0.1, -0.05) is 42.0 Å². The first-order valence-corrected chi connectivity index (χ1v) is 16.4. The van der Waals surface area contributed by atoms with E-state index in [1.807, 2.05) is 18.2 Å². The topological polar surface area (TPSA) is 113 Å². The van der Waals surface area contributed by atoms with Crippen molar-refractivity contribution in [1.29, 1.82) is 0 Å². The van der Waals surface area contributed by atoms with E-state index < -0.39 is 62.7 Å². The van der Waals surface area contributed by atoms with E-state index in [1.54, 1.807) is 56.7 Å². The van der Waals surface area contributed by atoms with E-state index in [1.165, 1.54) is 13.1 Å². The van der Waals surface area contributed by atoms with Gasteiger partial charge in [0.05, 0.1) is 31.7 Å². The summed E-state index contributed by atoms with van der Waals surface area (Å²) < 4.78 is 25.5. The van der Waals surface area contributed by atoms with E-state index in [4.69, 9.17) is 32.7 Å². The Morgan fingerprint density at radius 3 is 2.31 bits per heavy atom. The molecule has 3 fully saturated rings. The Balaban J connectivity index is 1.22. The van der Waals surface area contributed by atoms with Gasteiger partial charge in [-0.15, -0.1) is 23.2 Å². The fraction of sp³-hybridized carbons (Fsp3) is 0.297. The van der Waals surface area contributed by atoms with Crippen LogP contribution in [0.2, 0.25) is 0 Å². The van der Waals surface area contributed by atoms with Gasteiger partial charge in [-0.05, 0) is 72.4 Å². The van der Waals surface area contributed by atoms with Crippen LogP contribution in [0, 0.1) is 23.6 Å². The smallest absolute Gasteiger partial charge is 0.253 e. The molecule has 2 saturated heterocycles. The Bertz CT molecular complexity index is 2000. The molecule has 49 heavy (non-hydrogen) atoms. The highest BCUT2D eigenvalue weighted by atomic mass is 35.5. The summed E-state index contributed by atoms with van der Waals surface area (Å²) in [5.74, 6) is -6.05. The number of carbonyl (C=O) groups excluding carboxylic acids is 4. The van der Waals surface area contributed by atoms with Gasteiger partial charge in [-0.25, -0.2) is 4.39 Å². The van der Waals surface area contributed by atoms with Gasteiger partial charge < -0.3 is 14.6 Å². The lowest BCUT2D eigenvalue weighted by Gasteiger charge is -2.50. The van der Waals surface area contributed by atoms with Gasteiger partial charge in [0.25, 0.3) is 11.8 Å². The molecule has 7 rings (SSSR count). The summed E-state index contributed by atoms with van der Waals surface area (Å²) in [5, 5.41) is 9.90. The zero-order valence-electron chi connectivity index (χ0n) is 26.7. The van der Waals surface area contributed by atoms with Crippen LogP contribution in [0.15, 0.2) is 72.3 Å². The summed E-state index contributed by atoms with van der Waals surface area (Å²) >= 11 is 14.3. The molecule has 6 unspecified atom stereocenters. The third kappa shape index (κ3) is 4.71. The molecule has 3 aromatic rings. The number of phenolic OH excluding ortho intramolecular Hbond substituents is 1. The number of anilines is 1. The zero-order chi connectivity index (χ0) is 35.0. The molecule has 12 heteroatoms. The molecule has 0 aromatic heterocycles. The number of likely N-dealkylation sites (tertiary alicyclic amines) is 1. The van der Waals surface area contributed by atoms with Crippen molar-refractivity contribution in [1.82, 2.24) is 4.90 Å². The maximum absolute atomic E-state index is 14.7. The Hall–Kier alpha value is -4.67. The van der Waals surface area contributed by atoms with Crippen molar-refractivity contribution in [2.75, 3.05) is 26.2 Å². The Kier molecular flexibility index (Phi) is 7.87. The number of nitrogens with zero attached hydrogens (tertiary/aromatic N) is 2. The largest absolute Gasteiger partial charge is 0.505 e. The highest BCUT2D eigenvalue weighted by Crippen LogP contribution is 2.65. The molecule has 1 N–H and O–H groups in total. The number of phenols is 1. The van der Waals surface area contributed by atoms with E-state index >= 15 is 0 Å². The monoisotopic (exact) mass is 704 g/mol. The van der Waals surface area contributed by atoms with Gasteiger partial charge in [0.2, 0.25) is 11.8 Å². The second kappa shape index (κ2) is 11.7. The molecular weight excluding hydrogens is 674 g/mol. The van der Waals surface area contributed by atoms with Crippen LogP contribution < -0.4 is 14.4 Å². The Morgan fingerprint density at radius 1 is 0.898 bits per heavy atom. The molecule has 2 aliphatic heterocycles. The second-order valence-electron chi connectivity index (χ2n) is 12.8. The Morgan fingerprint density at radius 2 is 1.63 bits per heavy atom. The number of aromatic hydroxyl groups is 1. The number of hydrogen-bond acceptors (Lipinski definition) is 7. The van der Waals surface area contributed by atoms with Gasteiger partial charge in [-0.3, -0.25) is 29.0 Å². The van der Waals surface area contributed by atoms with Crippen molar-refractivity contribution in [3.63, 3.8) is 0 Å². The minimum Gasteiger partial charge on any atom is -0.505 e. The summed E-state index contributed by atoms with van der Waals surface area (Å²) in [6.45, 7) is 0. The first-order valence-electron chi connectivity index (χ1n) is 15.6. The zero-order valence-corrected chi connectivity index (χ0v) is 28.2. The molecule has 3 aromatic carbocycles. The summed E-state index contributed by atoms with van der Waals surface area (Å²) in [6, 6.07) is 16.0. The summed E-state index contributed by atoms with van der Waals surface area (Å²) in [5.41, 5.74) is 2.74. The van der Waals surface area contributed by atoms with Crippen LogP contribution in [0.1, 0.15) is 35.4 Å². The molecular formula is C37H31Cl2FN2O7. The fourth-order valence-corrected chi connectivity index (χ4v) is 8.98. The van der Waals surface area contributed by atoms with Crippen LogP contribution >= 0.6 is 23.2 Å². The molecule has 252 valence electrons. The first kappa shape index (κ1) is 32.9. The summed E-state index contributed by atoms with van der Waals surface area (Å²) in [7, 11) is 4.44. The molecule has 0 bridgehead atoms. The normalized spacial score (nSPS) is 29.2. The van der Waals surface area contributed by atoms with E-state index in [-0.39, 0.29) is 24.3 Å². The molecule has 0 spiro atoms. The number of fused-ring (bicyclic) bond motifs is 4. The highest BCUT2D eigenvalue weighted by molar-refractivity contribution is 6.53. The number of hydrogen-bond donors (Lipinski definition) is 1. The second-order valence-corrected chi connectivity index (χ2v) is 14.0.